The fourth-order valence-corrected chi connectivity index (χ4v) is 2.72. The molecule has 2 aromatic rings. The lowest BCUT2D eigenvalue weighted by Gasteiger charge is -2.14. The molecule has 0 spiro atoms. The maximum Gasteiger partial charge on any atom is 0.329 e. The highest BCUT2D eigenvalue weighted by molar-refractivity contribution is 6.05. The summed E-state index contributed by atoms with van der Waals surface area (Å²) in [4.78, 5) is 43.9. The summed E-state index contributed by atoms with van der Waals surface area (Å²) in [5.74, 6) is -0.290. The van der Waals surface area contributed by atoms with Crippen LogP contribution in [0.3, 0.4) is 0 Å². The molecule has 10 heteroatoms. The molecule has 0 aliphatic carbocycles. The second-order valence-electron chi connectivity index (χ2n) is 6.46. The first-order valence-electron chi connectivity index (χ1n) is 9.07. The van der Waals surface area contributed by atoms with Crippen molar-refractivity contribution in [2.75, 3.05) is 19.6 Å². The number of carbonyl (C=O) groups excluding carboxylic acids is 1. The molecule has 158 valence electrons. The van der Waals surface area contributed by atoms with Crippen LogP contribution in [0.4, 0.5) is 0 Å². The fraction of sp³-hybridized carbons (Fsp3) is 0.556. The average molecular weight is 434 g/mol. The van der Waals surface area contributed by atoms with Crippen LogP contribution in [0.25, 0.3) is 11.0 Å². The number of amides is 1. The van der Waals surface area contributed by atoms with E-state index in [9.17, 15) is 14.4 Å². The van der Waals surface area contributed by atoms with E-state index in [0.717, 1.165) is 13.0 Å². The minimum atomic E-state index is -0.591. The van der Waals surface area contributed by atoms with Gasteiger partial charge in [-0.25, -0.2) is 9.78 Å². The summed E-state index contributed by atoms with van der Waals surface area (Å²) in [5.41, 5.74) is 0.0543. The van der Waals surface area contributed by atoms with E-state index in [0.29, 0.717) is 25.3 Å². The zero-order chi connectivity index (χ0) is 19.3. The van der Waals surface area contributed by atoms with Crippen LogP contribution < -0.4 is 21.9 Å². The predicted molar refractivity (Wildman–Crippen MR) is 116 cm³/mol. The highest BCUT2D eigenvalue weighted by atomic mass is 35.5. The van der Waals surface area contributed by atoms with Gasteiger partial charge in [-0.15, -0.1) is 24.8 Å². The summed E-state index contributed by atoms with van der Waals surface area (Å²) in [6, 6.07) is 1.64. The highest BCUT2D eigenvalue weighted by Crippen LogP contribution is 2.19. The van der Waals surface area contributed by atoms with E-state index < -0.39 is 11.2 Å². The topological polar surface area (TPSA) is 109 Å². The number of halogens is 2. The van der Waals surface area contributed by atoms with E-state index in [1.807, 2.05) is 13.8 Å². The number of nitrogens with one attached hydrogen (secondary N) is 3. The van der Waals surface area contributed by atoms with Gasteiger partial charge in [0.2, 0.25) is 0 Å². The number of rotatable bonds is 8. The molecule has 0 unspecified atom stereocenters. The third kappa shape index (κ3) is 5.80. The van der Waals surface area contributed by atoms with Gasteiger partial charge in [0, 0.05) is 25.3 Å². The Hall–Kier alpha value is -1.90. The first-order valence-corrected chi connectivity index (χ1v) is 9.07. The first kappa shape index (κ1) is 26.1. The molecule has 0 aliphatic rings. The van der Waals surface area contributed by atoms with Gasteiger partial charge in [0.1, 0.15) is 0 Å². The summed E-state index contributed by atoms with van der Waals surface area (Å²) in [7, 11) is 0. The van der Waals surface area contributed by atoms with Crippen molar-refractivity contribution in [3.8, 4) is 0 Å². The van der Waals surface area contributed by atoms with Crippen molar-refractivity contribution in [1.29, 1.82) is 0 Å². The van der Waals surface area contributed by atoms with Gasteiger partial charge >= 0.3 is 5.69 Å². The fourth-order valence-electron chi connectivity index (χ4n) is 2.72. The quantitative estimate of drug-likeness (QED) is 0.549. The lowest BCUT2D eigenvalue weighted by Crippen LogP contribution is -2.35. The van der Waals surface area contributed by atoms with Gasteiger partial charge in [0.15, 0.2) is 5.65 Å². The van der Waals surface area contributed by atoms with Crippen LogP contribution in [-0.2, 0) is 6.54 Å². The van der Waals surface area contributed by atoms with Crippen molar-refractivity contribution in [3.05, 3.63) is 38.2 Å². The van der Waals surface area contributed by atoms with Gasteiger partial charge in [0.05, 0.1) is 10.9 Å². The number of nitrogens with zero attached hydrogens (tertiary/aromatic N) is 2. The van der Waals surface area contributed by atoms with Crippen molar-refractivity contribution in [1.82, 2.24) is 25.2 Å². The van der Waals surface area contributed by atoms with Gasteiger partial charge in [-0.3, -0.25) is 19.1 Å². The Bertz CT molecular complexity index is 908. The monoisotopic (exact) mass is 433 g/mol. The molecule has 2 rings (SSSR count). The highest BCUT2D eigenvalue weighted by Gasteiger charge is 2.19. The third-order valence-electron chi connectivity index (χ3n) is 4.14. The Morgan fingerprint density at radius 1 is 1.18 bits per heavy atom. The maximum absolute atomic E-state index is 12.7. The lowest BCUT2D eigenvalue weighted by molar-refractivity contribution is 0.0955. The second kappa shape index (κ2) is 11.8. The molecule has 0 aromatic carbocycles. The van der Waals surface area contributed by atoms with Crippen molar-refractivity contribution in [2.45, 2.75) is 46.6 Å². The summed E-state index contributed by atoms with van der Waals surface area (Å²) in [6.45, 7) is 10.1. The zero-order valence-corrected chi connectivity index (χ0v) is 18.3. The maximum atomic E-state index is 12.7. The molecule has 0 fully saturated rings. The van der Waals surface area contributed by atoms with Crippen molar-refractivity contribution in [3.63, 3.8) is 0 Å². The number of aryl methyl sites for hydroxylation is 1. The van der Waals surface area contributed by atoms with Crippen LogP contribution in [0.2, 0.25) is 0 Å². The Morgan fingerprint density at radius 3 is 2.43 bits per heavy atom. The lowest BCUT2D eigenvalue weighted by atomic mass is 10.0. The standard InChI is InChI=1S/C18H27N5O3.2ClH/c1-5-7-19-8-9-20-16(24)12-10-13(11(3)4)21-15-14(12)17(25)22-18(26)23(15)6-2;;/h10-11,19H,5-9H2,1-4H3,(H,20,24)(H,22,25,26);2*1H. The average Bonchev–Trinajstić information content (AvgIpc) is 2.60. The van der Waals surface area contributed by atoms with E-state index in [1.165, 1.54) is 4.57 Å². The molecule has 8 nitrogen and oxygen atoms in total. The number of aromatic nitrogens is 3. The van der Waals surface area contributed by atoms with E-state index in [1.54, 1.807) is 13.0 Å². The second-order valence-corrected chi connectivity index (χ2v) is 6.46. The van der Waals surface area contributed by atoms with Gasteiger partial charge in [0.25, 0.3) is 11.5 Å². The number of aromatic amines is 1. The molecule has 0 atom stereocenters. The molecule has 0 aliphatic heterocycles. The van der Waals surface area contributed by atoms with Crippen LogP contribution in [0.15, 0.2) is 15.7 Å². The molecule has 0 radical (unpaired) electrons. The smallest absolute Gasteiger partial charge is 0.329 e. The summed E-state index contributed by atoms with van der Waals surface area (Å²) in [5, 5.41) is 6.18. The Kier molecular flexibility index (Phi) is 11.0. The van der Waals surface area contributed by atoms with E-state index >= 15 is 0 Å². The molecule has 1 amide bonds. The van der Waals surface area contributed by atoms with Gasteiger partial charge in [-0.1, -0.05) is 20.8 Å². The van der Waals surface area contributed by atoms with Gasteiger partial charge in [-0.2, -0.15) is 0 Å². The number of hydrogen-bond donors (Lipinski definition) is 3. The number of hydrogen-bond acceptors (Lipinski definition) is 5. The zero-order valence-electron chi connectivity index (χ0n) is 16.6. The van der Waals surface area contributed by atoms with Crippen LogP contribution in [0, 0.1) is 0 Å². The molecule has 0 saturated heterocycles. The number of carbonyl (C=O) groups is 1. The molecule has 3 N–H and O–H groups in total. The molecule has 0 bridgehead atoms. The van der Waals surface area contributed by atoms with Crippen LogP contribution in [0.5, 0.6) is 0 Å². The predicted octanol–water partition coefficient (Wildman–Crippen LogP) is 1.80. The minimum absolute atomic E-state index is 0. The Balaban J connectivity index is 0.00000364. The number of pyridine rings is 1. The van der Waals surface area contributed by atoms with Crippen LogP contribution in [-0.4, -0.2) is 40.1 Å². The number of H-pyrrole nitrogens is 1. The largest absolute Gasteiger partial charge is 0.351 e. The third-order valence-corrected chi connectivity index (χ3v) is 4.14. The van der Waals surface area contributed by atoms with Crippen molar-refractivity contribution in [2.24, 2.45) is 0 Å². The number of fused-ring (bicyclic) bond motifs is 1. The summed E-state index contributed by atoms with van der Waals surface area (Å²) >= 11 is 0. The Labute approximate surface area is 176 Å². The van der Waals surface area contributed by atoms with Crippen molar-refractivity contribution < 1.29 is 4.79 Å². The SMILES string of the molecule is CCCNCCNC(=O)c1cc(C(C)C)nc2c1c(=O)[nH]c(=O)n2CC.Cl.Cl. The summed E-state index contributed by atoms with van der Waals surface area (Å²) in [6.07, 6.45) is 1.02. The molecular formula is C18H29Cl2N5O3. The Morgan fingerprint density at radius 2 is 1.86 bits per heavy atom. The van der Waals surface area contributed by atoms with Crippen LogP contribution in [0.1, 0.15) is 56.1 Å². The van der Waals surface area contributed by atoms with E-state index in [2.05, 4.69) is 27.5 Å². The first-order chi connectivity index (χ1) is 12.4. The molecule has 2 heterocycles. The van der Waals surface area contributed by atoms with E-state index in [4.69, 9.17) is 0 Å². The summed E-state index contributed by atoms with van der Waals surface area (Å²) < 4.78 is 1.38. The van der Waals surface area contributed by atoms with Gasteiger partial charge < -0.3 is 10.6 Å². The van der Waals surface area contributed by atoms with Crippen molar-refractivity contribution >= 4 is 41.8 Å². The molecule has 28 heavy (non-hydrogen) atoms. The van der Waals surface area contributed by atoms with E-state index in [-0.39, 0.29) is 53.2 Å². The normalized spacial score (nSPS) is 10.5. The minimum Gasteiger partial charge on any atom is -0.351 e. The molecule has 0 saturated carbocycles. The van der Waals surface area contributed by atoms with Crippen LogP contribution >= 0.6 is 24.8 Å². The van der Waals surface area contributed by atoms with Gasteiger partial charge in [-0.05, 0) is 31.9 Å². The molecule has 2 aromatic heterocycles. The molecular weight excluding hydrogens is 405 g/mol.